The second-order valence-electron chi connectivity index (χ2n) is 25.0. The number of hydrogen-bond donors (Lipinski definition) is 7. The summed E-state index contributed by atoms with van der Waals surface area (Å²) >= 11 is 0. The van der Waals surface area contributed by atoms with E-state index in [1.54, 1.807) is 6.92 Å². The molecule has 2 saturated heterocycles. The zero-order valence-electron chi connectivity index (χ0n) is 51.2. The predicted octanol–water partition coefficient (Wildman–Crippen LogP) is 11.6. The summed E-state index contributed by atoms with van der Waals surface area (Å²) < 4.78 is 67.2. The second-order valence-corrected chi connectivity index (χ2v) is 26.0. The van der Waals surface area contributed by atoms with Crippen molar-refractivity contribution in [3.8, 4) is 0 Å². The summed E-state index contributed by atoms with van der Waals surface area (Å²) in [6, 6.07) is 0. The Balaban J connectivity index is 2.01. The molecule has 0 amide bonds. The minimum absolute atomic E-state index is 0.0570. The van der Waals surface area contributed by atoms with Crippen molar-refractivity contribution in [1.82, 2.24) is 0 Å². The summed E-state index contributed by atoms with van der Waals surface area (Å²) in [5, 5.41) is 64.2. The summed E-state index contributed by atoms with van der Waals surface area (Å²) in [6.07, 6.45) is 17.7. The van der Waals surface area contributed by atoms with Crippen molar-refractivity contribution in [2.24, 2.45) is 35.5 Å². The number of aliphatic hydroxyl groups excluding tert-OH is 6. The van der Waals surface area contributed by atoms with Crippen LogP contribution in [0.4, 0.5) is 0 Å². The maximum absolute atomic E-state index is 14.0. The molecule has 0 aromatic carbocycles. The minimum Gasteiger partial charge on any atom is -0.455 e. The molecule has 0 saturated carbocycles. The van der Waals surface area contributed by atoms with Gasteiger partial charge in [0.1, 0.15) is 30.5 Å². The first kappa shape index (κ1) is 74.6. The van der Waals surface area contributed by atoms with Crippen molar-refractivity contribution in [2.45, 2.75) is 335 Å². The van der Waals surface area contributed by atoms with E-state index in [0.717, 1.165) is 70.6 Å². The van der Waals surface area contributed by atoms with Crippen LogP contribution in [-0.4, -0.2) is 136 Å². The summed E-state index contributed by atoms with van der Waals surface area (Å²) in [7, 11) is -5.32. The van der Waals surface area contributed by atoms with Gasteiger partial charge in [-0.15, -0.1) is 0 Å². The fraction of sp³-hybridized carbons (Fsp3) is 0.968. The van der Waals surface area contributed by atoms with Crippen molar-refractivity contribution >= 4 is 22.3 Å². The Morgan fingerprint density at radius 3 is 1.31 bits per heavy atom. The molecule has 2 aliphatic heterocycles. The smallest absolute Gasteiger partial charge is 0.397 e. The Morgan fingerprint density at radius 2 is 0.875 bits per heavy atom. The standard InChI is InChI=1S/C62H118O17S/c1-9-11-13-15-17-19-21-23-25-27-29-31-33-35-50(65)48(7)40-46(5)38-44(3)37-45(4)39-47(6)41-49(8)60(70)77-57-55(68)52(43-64)75-62(78-61-58(79-80(71,72)73)56(69)54(67)51(42-63)74-61)59(57)76-53(66)36-34-32-30-28-26-24-22-20-18-16-14-12-10-2/h44-52,54-59,61-65,67-69H,9-43H2,1-8H3,(H,71,72,73)/t44-,45+,46-,47+,48-,49+,50?,51?,52?,54-,55-,56?,57?,58+,59-,61-,62-/m1/s1. The molecular formula is C62H118O17S. The molecule has 0 aliphatic carbocycles. The zero-order chi connectivity index (χ0) is 59.5. The van der Waals surface area contributed by atoms with E-state index in [1.807, 2.05) is 0 Å². The Hall–Kier alpha value is -1.55. The fourth-order valence-corrected chi connectivity index (χ4v) is 12.8. The maximum atomic E-state index is 14.0. The molecule has 2 aliphatic rings. The first-order valence-electron chi connectivity index (χ1n) is 32.1. The lowest BCUT2D eigenvalue weighted by atomic mass is 9.81. The third kappa shape index (κ3) is 31.5. The minimum atomic E-state index is -5.32. The molecule has 17 nitrogen and oxygen atoms in total. The van der Waals surface area contributed by atoms with E-state index < -0.39 is 103 Å². The van der Waals surface area contributed by atoms with Crippen molar-refractivity contribution in [2.75, 3.05) is 13.2 Å². The van der Waals surface area contributed by atoms with Gasteiger partial charge in [-0.25, -0.2) is 4.18 Å². The summed E-state index contributed by atoms with van der Waals surface area (Å²) in [5.74, 6) is -0.543. The fourth-order valence-electron chi connectivity index (χ4n) is 12.3. The van der Waals surface area contributed by atoms with Crippen molar-refractivity contribution in [3.05, 3.63) is 0 Å². The molecule has 18 heteroatoms. The van der Waals surface area contributed by atoms with Crippen LogP contribution in [0.25, 0.3) is 0 Å². The van der Waals surface area contributed by atoms with E-state index >= 15 is 0 Å². The molecule has 2 rings (SSSR count). The molecule has 7 N–H and O–H groups in total. The lowest BCUT2D eigenvalue weighted by Gasteiger charge is -2.46. The zero-order valence-corrected chi connectivity index (χ0v) is 52.0. The van der Waals surface area contributed by atoms with Crippen LogP contribution in [0.1, 0.15) is 267 Å². The van der Waals surface area contributed by atoms with Gasteiger partial charge in [-0.05, 0) is 74.5 Å². The van der Waals surface area contributed by atoms with Gasteiger partial charge in [-0.3, -0.25) is 14.1 Å². The number of rotatable bonds is 48. The highest BCUT2D eigenvalue weighted by atomic mass is 32.3. The van der Waals surface area contributed by atoms with Gasteiger partial charge < -0.3 is 54.3 Å². The highest BCUT2D eigenvalue weighted by Crippen LogP contribution is 2.35. The van der Waals surface area contributed by atoms with Gasteiger partial charge in [0.2, 0.25) is 6.29 Å². The molecule has 2 fully saturated rings. The normalized spacial score (nSPS) is 26.3. The van der Waals surface area contributed by atoms with E-state index in [-0.39, 0.29) is 24.4 Å². The van der Waals surface area contributed by atoms with Gasteiger partial charge in [0.15, 0.2) is 24.6 Å². The largest absolute Gasteiger partial charge is 0.455 e. The third-order valence-corrected chi connectivity index (χ3v) is 17.2. The molecule has 0 radical (unpaired) electrons. The first-order chi connectivity index (χ1) is 38.1. The number of carbonyl (C=O) groups excluding carboxylic acids is 2. The van der Waals surface area contributed by atoms with E-state index in [2.05, 4.69) is 52.6 Å². The average Bonchev–Trinajstić information content (AvgIpc) is 3.39. The van der Waals surface area contributed by atoms with E-state index in [9.17, 15) is 53.2 Å². The number of unbranched alkanes of at least 4 members (excludes halogenated alkanes) is 24. The number of hydrogen-bond acceptors (Lipinski definition) is 16. The Kier molecular flexibility index (Phi) is 40.2. The van der Waals surface area contributed by atoms with Crippen LogP contribution in [0.2, 0.25) is 0 Å². The number of esters is 2. The molecule has 5 unspecified atom stereocenters. The van der Waals surface area contributed by atoms with Gasteiger partial charge in [-0.1, -0.05) is 216 Å². The van der Waals surface area contributed by atoms with Crippen LogP contribution in [0.3, 0.4) is 0 Å². The third-order valence-electron chi connectivity index (χ3n) is 16.7. The average molecular weight is 1170 g/mol. The number of ether oxygens (including phenoxy) is 5. The van der Waals surface area contributed by atoms with Gasteiger partial charge in [-0.2, -0.15) is 8.42 Å². The molecule has 80 heavy (non-hydrogen) atoms. The van der Waals surface area contributed by atoms with Gasteiger partial charge >= 0.3 is 22.3 Å². The molecule has 0 bridgehead atoms. The van der Waals surface area contributed by atoms with Crippen LogP contribution in [0, 0.1) is 35.5 Å². The monoisotopic (exact) mass is 1170 g/mol. The van der Waals surface area contributed by atoms with E-state index in [1.165, 1.54) is 122 Å². The van der Waals surface area contributed by atoms with Gasteiger partial charge in [0.05, 0.1) is 25.2 Å². The Bertz CT molecular complexity index is 1670. The summed E-state index contributed by atoms with van der Waals surface area (Å²) in [6.45, 7) is 15.5. The van der Waals surface area contributed by atoms with Crippen LogP contribution in [0.5, 0.6) is 0 Å². The molecule has 474 valence electrons. The van der Waals surface area contributed by atoms with Gasteiger partial charge in [0.25, 0.3) is 0 Å². The Labute approximate surface area is 485 Å². The van der Waals surface area contributed by atoms with Crippen LogP contribution >= 0.6 is 0 Å². The topological polar surface area (TPSA) is 265 Å². The SMILES string of the molecule is CCCCCCCCCCCCCCCC(=O)O[C@@H]1C(OC(=O)[C@@H](C)C[C@@H](C)C[C@@H](C)C[C@@H](C)C[C@@H](C)C[C@@H](C)C(O)CCCCCCCCCCCCCCC)[C@H](O)C(CO)O[C@@H]1O[C@H]1OC(CO)[C@@H](O)C(O)[C@@H]1OS(=O)(=O)O. The Morgan fingerprint density at radius 1 is 0.487 bits per heavy atom. The number of carbonyl (C=O) groups is 2. The lowest BCUT2D eigenvalue weighted by molar-refractivity contribution is -0.374. The molecule has 0 aromatic rings. The first-order valence-corrected chi connectivity index (χ1v) is 33.5. The molecule has 0 spiro atoms. The highest BCUT2D eigenvalue weighted by Gasteiger charge is 2.55. The molecule has 0 aromatic heterocycles. The van der Waals surface area contributed by atoms with Crippen molar-refractivity contribution in [1.29, 1.82) is 0 Å². The maximum Gasteiger partial charge on any atom is 0.397 e. The van der Waals surface area contributed by atoms with Gasteiger partial charge in [0, 0.05) is 6.42 Å². The van der Waals surface area contributed by atoms with E-state index in [0.29, 0.717) is 30.6 Å². The summed E-state index contributed by atoms with van der Waals surface area (Å²) in [5.41, 5.74) is 0. The molecule has 2 heterocycles. The number of aliphatic hydroxyl groups is 6. The molecular weight excluding hydrogens is 1050 g/mol. The van der Waals surface area contributed by atoms with E-state index in [4.69, 9.17) is 23.7 Å². The van der Waals surface area contributed by atoms with Crippen LogP contribution < -0.4 is 0 Å². The van der Waals surface area contributed by atoms with Crippen LogP contribution in [-0.2, 0) is 47.9 Å². The molecule has 17 atom stereocenters. The van der Waals surface area contributed by atoms with Crippen molar-refractivity contribution in [3.63, 3.8) is 0 Å². The second kappa shape index (κ2) is 43.1. The summed E-state index contributed by atoms with van der Waals surface area (Å²) in [4.78, 5) is 27.6. The van der Waals surface area contributed by atoms with Crippen LogP contribution in [0.15, 0.2) is 0 Å². The predicted molar refractivity (Wildman–Crippen MR) is 311 cm³/mol. The highest BCUT2D eigenvalue weighted by molar-refractivity contribution is 7.80. The van der Waals surface area contributed by atoms with Crippen molar-refractivity contribution < 1.29 is 81.1 Å². The quantitative estimate of drug-likeness (QED) is 0.0170. The lowest BCUT2D eigenvalue weighted by Crippen LogP contribution is -2.65.